The van der Waals surface area contributed by atoms with E-state index >= 15 is 0 Å². The van der Waals surface area contributed by atoms with E-state index in [9.17, 15) is 23.6 Å². The third-order valence-corrected chi connectivity index (χ3v) is 6.54. The van der Waals surface area contributed by atoms with Crippen LogP contribution < -0.4 is 32.5 Å². The van der Waals surface area contributed by atoms with Crippen LogP contribution in [0.1, 0.15) is 35.7 Å². The van der Waals surface area contributed by atoms with Gasteiger partial charge in [-0.25, -0.2) is 9.18 Å². The molecule has 0 saturated heterocycles. The number of halogens is 1. The number of anilines is 1. The molecule has 1 aliphatic carbocycles. The van der Waals surface area contributed by atoms with Gasteiger partial charge in [-0.15, -0.1) is 6.58 Å². The summed E-state index contributed by atoms with van der Waals surface area (Å²) in [5.74, 6) is -0.656. The summed E-state index contributed by atoms with van der Waals surface area (Å²) < 4.78 is 17.1. The van der Waals surface area contributed by atoms with Crippen molar-refractivity contribution < 1.29 is 14.0 Å². The first-order chi connectivity index (χ1) is 19.1. The van der Waals surface area contributed by atoms with Crippen LogP contribution >= 0.6 is 0 Å². The summed E-state index contributed by atoms with van der Waals surface area (Å²) in [4.78, 5) is 54.3. The number of carbonyl (C=O) groups is 2. The first-order valence-electron chi connectivity index (χ1n) is 12.9. The molecule has 0 spiro atoms. The molecule has 0 radical (unpaired) electrons. The van der Waals surface area contributed by atoms with Gasteiger partial charge in [0.25, 0.3) is 11.5 Å². The molecule has 1 amide bonds. The molecule has 0 bridgehead atoms. The molecule has 9 nitrogen and oxygen atoms in total. The first kappa shape index (κ1) is 28.3. The minimum absolute atomic E-state index is 0.0220. The average molecular weight is 546 g/mol. The van der Waals surface area contributed by atoms with Crippen LogP contribution in [0.5, 0.6) is 0 Å². The molecule has 10 heteroatoms. The van der Waals surface area contributed by atoms with Crippen LogP contribution in [0.2, 0.25) is 0 Å². The maximum Gasteiger partial charge on any atom is 0.336 e. The van der Waals surface area contributed by atoms with Crippen molar-refractivity contribution in [3.63, 3.8) is 0 Å². The Morgan fingerprint density at radius 3 is 2.50 bits per heavy atom. The molecular formula is C30H32FN5O4. The molecule has 4 rings (SSSR count). The Morgan fingerprint density at radius 1 is 1.18 bits per heavy atom. The van der Waals surface area contributed by atoms with Crippen LogP contribution in [0.4, 0.5) is 10.1 Å². The second-order valence-electron chi connectivity index (χ2n) is 10.00. The lowest BCUT2D eigenvalue weighted by Gasteiger charge is -2.21. The number of carbonyl (C=O) groups excluding carboxylic acids is 2. The fourth-order valence-electron chi connectivity index (χ4n) is 4.35. The molecule has 0 aliphatic heterocycles. The van der Waals surface area contributed by atoms with Crippen molar-refractivity contribution in [2.75, 3.05) is 19.4 Å². The molecule has 208 valence electrons. The molecule has 1 aliphatic rings. The predicted octanol–water partition coefficient (Wildman–Crippen LogP) is 1.63. The zero-order chi connectivity index (χ0) is 29.1. The van der Waals surface area contributed by atoms with Crippen molar-refractivity contribution in [3.8, 4) is 5.69 Å². The SMILES string of the molecule is C=CCn1c(=O)c(=C(\Nc2ccc(C)cc2F)N(C)C)/c(=C(/C)C=O)n(-c2cccc(C(=O)NC3CC3)c2)c1=O. The van der Waals surface area contributed by atoms with Gasteiger partial charge >= 0.3 is 5.69 Å². The van der Waals surface area contributed by atoms with Crippen molar-refractivity contribution in [2.24, 2.45) is 0 Å². The van der Waals surface area contributed by atoms with Gasteiger partial charge < -0.3 is 15.5 Å². The lowest BCUT2D eigenvalue weighted by molar-refractivity contribution is -0.103. The molecule has 1 saturated carbocycles. The number of aryl methyl sites for hydroxylation is 1. The van der Waals surface area contributed by atoms with Gasteiger partial charge in [0.15, 0.2) is 0 Å². The Bertz CT molecular complexity index is 1750. The molecular weight excluding hydrogens is 513 g/mol. The first-order valence-corrected chi connectivity index (χ1v) is 12.9. The summed E-state index contributed by atoms with van der Waals surface area (Å²) in [6.07, 6.45) is 3.79. The number of rotatable bonds is 9. The highest BCUT2D eigenvalue weighted by atomic mass is 19.1. The van der Waals surface area contributed by atoms with Gasteiger partial charge in [0.1, 0.15) is 23.1 Å². The quantitative estimate of drug-likeness (QED) is 0.313. The largest absolute Gasteiger partial charge is 0.364 e. The van der Waals surface area contributed by atoms with Gasteiger partial charge in [0.2, 0.25) is 0 Å². The van der Waals surface area contributed by atoms with E-state index in [2.05, 4.69) is 17.2 Å². The molecule has 1 heterocycles. The minimum Gasteiger partial charge on any atom is -0.364 e. The highest BCUT2D eigenvalue weighted by Gasteiger charge is 2.24. The normalized spacial score (nSPS) is 14.2. The average Bonchev–Trinajstić information content (AvgIpc) is 3.74. The number of hydrogen-bond acceptors (Lipinski definition) is 6. The Balaban J connectivity index is 2.15. The van der Waals surface area contributed by atoms with E-state index in [1.54, 1.807) is 56.3 Å². The Labute approximate surface area is 230 Å². The molecule has 0 atom stereocenters. The molecule has 2 aromatic carbocycles. The van der Waals surface area contributed by atoms with Gasteiger partial charge in [-0.05, 0) is 62.6 Å². The van der Waals surface area contributed by atoms with E-state index in [1.165, 1.54) is 29.7 Å². The maximum atomic E-state index is 14.9. The van der Waals surface area contributed by atoms with E-state index in [1.807, 2.05) is 0 Å². The molecule has 3 aromatic rings. The second-order valence-corrected chi connectivity index (χ2v) is 10.00. The molecule has 1 aromatic heterocycles. The van der Waals surface area contributed by atoms with Crippen molar-refractivity contribution in [1.82, 2.24) is 19.4 Å². The van der Waals surface area contributed by atoms with Gasteiger partial charge in [-0.1, -0.05) is 18.2 Å². The number of benzene rings is 2. The van der Waals surface area contributed by atoms with Crippen molar-refractivity contribution in [1.29, 1.82) is 0 Å². The van der Waals surface area contributed by atoms with E-state index in [-0.39, 0.29) is 51.8 Å². The monoisotopic (exact) mass is 545 g/mol. The number of nitrogens with one attached hydrogen (secondary N) is 2. The van der Waals surface area contributed by atoms with E-state index in [0.29, 0.717) is 17.4 Å². The molecule has 2 N–H and O–H groups in total. The fourth-order valence-corrected chi connectivity index (χ4v) is 4.35. The predicted molar refractivity (Wildman–Crippen MR) is 153 cm³/mol. The van der Waals surface area contributed by atoms with Gasteiger partial charge in [-0.3, -0.25) is 23.5 Å². The topological polar surface area (TPSA) is 105 Å². The summed E-state index contributed by atoms with van der Waals surface area (Å²) in [7, 11) is 3.31. The number of aromatic nitrogens is 2. The lowest BCUT2D eigenvalue weighted by Crippen LogP contribution is -2.60. The van der Waals surface area contributed by atoms with Crippen LogP contribution in [-0.2, 0) is 11.3 Å². The molecule has 40 heavy (non-hydrogen) atoms. The number of aldehydes is 1. The second kappa shape index (κ2) is 11.6. The Hall–Kier alpha value is -4.73. The van der Waals surface area contributed by atoms with Gasteiger partial charge in [-0.2, -0.15) is 0 Å². The molecule has 1 fully saturated rings. The summed E-state index contributed by atoms with van der Waals surface area (Å²) in [5, 5.41) is 5.91. The standard InChI is InChI=1S/C30H32FN5O4/c1-6-14-35-29(39)25(27(34(4)5)33-24-13-10-18(2)15-23(24)31)26(19(3)17-37)36(30(35)40)22-9-7-8-20(16-22)28(38)32-21-11-12-21/h6-10,13,15-17,21,33H,1,11-12,14H2,2-5H3,(H,32,38)/b26-19+,27-25+. The number of amides is 1. The van der Waals surface area contributed by atoms with E-state index < -0.39 is 17.1 Å². The summed E-state index contributed by atoms with van der Waals surface area (Å²) >= 11 is 0. The zero-order valence-electron chi connectivity index (χ0n) is 23.0. The van der Waals surface area contributed by atoms with Crippen LogP contribution in [0.3, 0.4) is 0 Å². The smallest absolute Gasteiger partial charge is 0.336 e. The van der Waals surface area contributed by atoms with Crippen molar-refractivity contribution in [3.05, 3.63) is 103 Å². The number of hydrogen-bond donors (Lipinski definition) is 2. The van der Waals surface area contributed by atoms with Crippen molar-refractivity contribution in [2.45, 2.75) is 39.3 Å². The maximum absolute atomic E-state index is 14.9. The van der Waals surface area contributed by atoms with Crippen LogP contribution in [0.15, 0.2) is 64.7 Å². The van der Waals surface area contributed by atoms with Crippen LogP contribution in [0.25, 0.3) is 17.1 Å². The third kappa shape index (κ3) is 5.66. The fraction of sp³-hybridized carbons (Fsp3) is 0.267. The van der Waals surface area contributed by atoms with Gasteiger partial charge in [0.05, 0.1) is 16.7 Å². The summed E-state index contributed by atoms with van der Waals surface area (Å²) in [6, 6.07) is 11.2. The lowest BCUT2D eigenvalue weighted by atomic mass is 10.1. The highest BCUT2D eigenvalue weighted by Crippen LogP contribution is 2.20. The van der Waals surface area contributed by atoms with Crippen LogP contribution in [0, 0.1) is 12.7 Å². The van der Waals surface area contributed by atoms with Crippen LogP contribution in [-0.4, -0.2) is 46.4 Å². The van der Waals surface area contributed by atoms with Gasteiger partial charge in [0, 0.05) is 37.8 Å². The third-order valence-electron chi connectivity index (χ3n) is 6.54. The number of allylic oxidation sites excluding steroid dienone is 1. The van der Waals surface area contributed by atoms with Crippen molar-refractivity contribution >= 4 is 29.3 Å². The summed E-state index contributed by atoms with van der Waals surface area (Å²) in [5.41, 5.74) is 0.109. The zero-order valence-corrected chi connectivity index (χ0v) is 23.0. The molecule has 0 unspecified atom stereocenters. The van der Waals surface area contributed by atoms with E-state index in [0.717, 1.165) is 17.4 Å². The summed E-state index contributed by atoms with van der Waals surface area (Å²) in [6.45, 7) is 6.80. The Kier molecular flexibility index (Phi) is 8.18. The number of nitrogens with zero attached hydrogens (tertiary/aromatic N) is 3. The van der Waals surface area contributed by atoms with E-state index in [4.69, 9.17) is 0 Å². The highest BCUT2D eigenvalue weighted by molar-refractivity contribution is 5.97. The minimum atomic E-state index is -0.718. The Morgan fingerprint density at radius 2 is 1.90 bits per heavy atom.